The first-order valence-corrected chi connectivity index (χ1v) is 5.47. The molecule has 1 aromatic rings. The fourth-order valence-corrected chi connectivity index (χ4v) is 1.49. The summed E-state index contributed by atoms with van der Waals surface area (Å²) in [5.41, 5.74) is 1.16. The van der Waals surface area contributed by atoms with Crippen LogP contribution in [0.1, 0.15) is 23.7 Å². The van der Waals surface area contributed by atoms with Crippen LogP contribution in [0.15, 0.2) is 24.3 Å². The minimum Gasteiger partial charge on any atom is -0.388 e. The highest BCUT2D eigenvalue weighted by atomic mass is 19.4. The first kappa shape index (κ1) is 14.3. The molecule has 0 fully saturated rings. The Morgan fingerprint density at radius 2 is 1.83 bits per heavy atom. The smallest absolute Gasteiger partial charge is 0.388 e. The second-order valence-corrected chi connectivity index (χ2v) is 4.02. The number of carbonyl (C=O) groups is 1. The largest absolute Gasteiger partial charge is 0.391 e. The molecule has 3 nitrogen and oxygen atoms in total. The first-order valence-electron chi connectivity index (χ1n) is 5.47. The van der Waals surface area contributed by atoms with Gasteiger partial charge in [0.05, 0.1) is 6.42 Å². The van der Waals surface area contributed by atoms with Gasteiger partial charge in [-0.15, -0.1) is 0 Å². The van der Waals surface area contributed by atoms with Crippen LogP contribution in [-0.2, 0) is 0 Å². The Balaban J connectivity index is 2.59. The van der Waals surface area contributed by atoms with Crippen molar-refractivity contribution in [1.82, 2.24) is 5.32 Å². The lowest BCUT2D eigenvalue weighted by Gasteiger charge is -2.15. The molecule has 1 amide bonds. The van der Waals surface area contributed by atoms with Crippen LogP contribution in [0, 0.1) is 0 Å². The number of carbonyl (C=O) groups excluding carboxylic acids is 1. The van der Waals surface area contributed by atoms with Crippen molar-refractivity contribution in [3.05, 3.63) is 29.8 Å². The third-order valence-electron chi connectivity index (χ3n) is 2.35. The molecule has 0 aromatic heterocycles. The van der Waals surface area contributed by atoms with Crippen molar-refractivity contribution in [1.29, 1.82) is 0 Å². The first-order chi connectivity index (χ1) is 8.31. The predicted molar refractivity (Wildman–Crippen MR) is 63.6 cm³/mol. The normalized spacial score (nSPS) is 12.9. The lowest BCUT2D eigenvalue weighted by atomic mass is 10.1. The van der Waals surface area contributed by atoms with Gasteiger partial charge < -0.3 is 10.6 Å². The van der Waals surface area contributed by atoms with Gasteiger partial charge in [-0.2, -0.15) is 13.2 Å². The minimum atomic E-state index is -4.28. The zero-order valence-electron chi connectivity index (χ0n) is 10.1. The maximum absolute atomic E-state index is 12.1. The summed E-state index contributed by atoms with van der Waals surface area (Å²) in [6.45, 7) is 1.33. The molecule has 2 N–H and O–H groups in total. The van der Waals surface area contributed by atoms with Gasteiger partial charge in [0.2, 0.25) is 0 Å². The quantitative estimate of drug-likeness (QED) is 0.874. The molecule has 0 aliphatic rings. The van der Waals surface area contributed by atoms with Gasteiger partial charge in [0.25, 0.3) is 5.91 Å². The molecule has 1 rings (SSSR count). The maximum Gasteiger partial charge on any atom is 0.391 e. The van der Waals surface area contributed by atoms with Crippen LogP contribution in [0.25, 0.3) is 0 Å². The molecule has 6 heteroatoms. The molecule has 18 heavy (non-hydrogen) atoms. The van der Waals surface area contributed by atoms with Crippen molar-refractivity contribution < 1.29 is 18.0 Å². The van der Waals surface area contributed by atoms with E-state index in [1.54, 1.807) is 31.3 Å². The van der Waals surface area contributed by atoms with Crippen molar-refractivity contribution >= 4 is 11.6 Å². The molecular weight excluding hydrogens is 245 g/mol. The van der Waals surface area contributed by atoms with E-state index >= 15 is 0 Å². The van der Waals surface area contributed by atoms with Gasteiger partial charge in [0.15, 0.2) is 0 Å². The van der Waals surface area contributed by atoms with E-state index in [0.29, 0.717) is 5.56 Å². The van der Waals surface area contributed by atoms with Gasteiger partial charge in [0.1, 0.15) is 0 Å². The number of alkyl halides is 3. The summed E-state index contributed by atoms with van der Waals surface area (Å²) in [5.74, 6) is -0.505. The number of anilines is 1. The summed E-state index contributed by atoms with van der Waals surface area (Å²) in [6.07, 6.45) is -5.31. The Hall–Kier alpha value is -1.72. The highest BCUT2D eigenvalue weighted by molar-refractivity contribution is 5.94. The molecule has 0 heterocycles. The molecule has 1 unspecified atom stereocenters. The number of benzene rings is 1. The average Bonchev–Trinajstić information content (AvgIpc) is 2.26. The Morgan fingerprint density at radius 1 is 1.28 bits per heavy atom. The predicted octanol–water partition coefficient (Wildman–Crippen LogP) is 2.80. The molecular formula is C12H15F3N2O. The molecule has 0 radical (unpaired) electrons. The van der Waals surface area contributed by atoms with Crippen LogP contribution in [0.4, 0.5) is 18.9 Å². The summed E-state index contributed by atoms with van der Waals surface area (Å²) in [7, 11) is 1.74. The second kappa shape index (κ2) is 5.75. The Kier molecular flexibility index (Phi) is 4.58. The topological polar surface area (TPSA) is 41.1 Å². The number of nitrogens with one attached hydrogen (secondary N) is 2. The van der Waals surface area contributed by atoms with E-state index in [1.165, 1.54) is 6.92 Å². The van der Waals surface area contributed by atoms with Crippen molar-refractivity contribution in [2.75, 3.05) is 12.4 Å². The second-order valence-electron chi connectivity index (χ2n) is 4.02. The van der Waals surface area contributed by atoms with Crippen molar-refractivity contribution in [3.63, 3.8) is 0 Å². The zero-order valence-corrected chi connectivity index (χ0v) is 10.1. The number of halogens is 3. The van der Waals surface area contributed by atoms with Crippen molar-refractivity contribution in [2.45, 2.75) is 25.6 Å². The molecule has 0 saturated carbocycles. The van der Waals surface area contributed by atoms with E-state index in [2.05, 4.69) is 10.6 Å². The Labute approximate surface area is 103 Å². The van der Waals surface area contributed by atoms with Crippen LogP contribution in [0.2, 0.25) is 0 Å². The van der Waals surface area contributed by atoms with Gasteiger partial charge in [-0.25, -0.2) is 0 Å². The molecule has 0 bridgehead atoms. The number of hydrogen-bond acceptors (Lipinski definition) is 2. The monoisotopic (exact) mass is 260 g/mol. The van der Waals surface area contributed by atoms with E-state index in [1.807, 2.05) is 0 Å². The summed E-state index contributed by atoms with van der Waals surface area (Å²) >= 11 is 0. The summed E-state index contributed by atoms with van der Waals surface area (Å²) in [6, 6.07) is 5.54. The van der Waals surface area contributed by atoms with Crippen LogP contribution in [-0.4, -0.2) is 25.2 Å². The fraction of sp³-hybridized carbons (Fsp3) is 0.417. The number of amides is 1. The van der Waals surface area contributed by atoms with Crippen molar-refractivity contribution in [2.24, 2.45) is 0 Å². The lowest BCUT2D eigenvalue weighted by Crippen LogP contribution is -2.35. The highest BCUT2D eigenvalue weighted by Crippen LogP contribution is 2.21. The Bertz CT molecular complexity index is 401. The molecule has 0 aliphatic carbocycles. The fourth-order valence-electron chi connectivity index (χ4n) is 1.49. The molecule has 100 valence electrons. The number of rotatable bonds is 4. The van der Waals surface area contributed by atoms with Crippen molar-refractivity contribution in [3.8, 4) is 0 Å². The highest BCUT2D eigenvalue weighted by Gasteiger charge is 2.30. The summed E-state index contributed by atoms with van der Waals surface area (Å²) in [4.78, 5) is 11.6. The lowest BCUT2D eigenvalue weighted by molar-refractivity contribution is -0.138. The van der Waals surface area contributed by atoms with Crippen LogP contribution in [0.3, 0.4) is 0 Å². The van der Waals surface area contributed by atoms with Gasteiger partial charge in [0, 0.05) is 24.3 Å². The molecule has 0 spiro atoms. The van der Waals surface area contributed by atoms with Gasteiger partial charge in [-0.3, -0.25) is 4.79 Å². The standard InChI is InChI=1S/C12H15F3N2O/c1-8(7-12(13,14)15)17-11(18)9-3-5-10(16-2)6-4-9/h3-6,8,16H,7H2,1-2H3,(H,17,18). The van der Waals surface area contributed by atoms with Crippen LogP contribution < -0.4 is 10.6 Å². The van der Waals surface area contributed by atoms with E-state index in [4.69, 9.17) is 0 Å². The average molecular weight is 260 g/mol. The van der Waals surface area contributed by atoms with Gasteiger partial charge >= 0.3 is 6.18 Å². The van der Waals surface area contributed by atoms with E-state index in [-0.39, 0.29) is 0 Å². The van der Waals surface area contributed by atoms with Gasteiger partial charge in [-0.05, 0) is 31.2 Å². The maximum atomic E-state index is 12.1. The summed E-state index contributed by atoms with van der Waals surface area (Å²) in [5, 5.41) is 5.20. The molecule has 1 aromatic carbocycles. The Morgan fingerprint density at radius 3 is 2.28 bits per heavy atom. The molecule has 0 aliphatic heterocycles. The van der Waals surface area contributed by atoms with E-state index < -0.39 is 24.5 Å². The van der Waals surface area contributed by atoms with Crippen LogP contribution in [0.5, 0.6) is 0 Å². The van der Waals surface area contributed by atoms with Crippen LogP contribution >= 0.6 is 0 Å². The molecule has 0 saturated heterocycles. The third-order valence-corrected chi connectivity index (χ3v) is 2.35. The molecule has 1 atom stereocenters. The summed E-state index contributed by atoms with van der Waals surface area (Å²) < 4.78 is 36.3. The third kappa shape index (κ3) is 4.65. The SMILES string of the molecule is CNc1ccc(C(=O)NC(C)CC(F)(F)F)cc1. The van der Waals surface area contributed by atoms with E-state index in [0.717, 1.165) is 5.69 Å². The minimum absolute atomic E-state index is 0.336. The zero-order chi connectivity index (χ0) is 13.8. The number of hydrogen-bond donors (Lipinski definition) is 2. The van der Waals surface area contributed by atoms with E-state index in [9.17, 15) is 18.0 Å². The van der Waals surface area contributed by atoms with Gasteiger partial charge in [-0.1, -0.05) is 0 Å².